The van der Waals surface area contributed by atoms with E-state index in [0.717, 1.165) is 27.5 Å². The molecule has 5 nitrogen and oxygen atoms in total. The number of methoxy groups -OCH3 is 1. The monoisotopic (exact) mass is 370 g/mol. The summed E-state index contributed by atoms with van der Waals surface area (Å²) in [6, 6.07) is 13.3. The molecule has 0 radical (unpaired) electrons. The van der Waals surface area contributed by atoms with E-state index in [1.165, 1.54) is 11.8 Å². The minimum atomic E-state index is -0.434. The number of amides is 2. The summed E-state index contributed by atoms with van der Waals surface area (Å²) in [5.41, 5.74) is 2.82. The average Bonchev–Trinajstić information content (AvgIpc) is 2.62. The SMILES string of the molecule is COc1ccc(C)cc1[C@@H](C)NC(=O)C[C@@H]1Sc2ccccc2NC1=O. The van der Waals surface area contributed by atoms with Crippen molar-refractivity contribution in [3.8, 4) is 5.75 Å². The number of anilines is 1. The molecule has 2 atom stereocenters. The van der Waals surface area contributed by atoms with Crippen molar-refractivity contribution in [3.63, 3.8) is 0 Å². The Balaban J connectivity index is 1.66. The fourth-order valence-corrected chi connectivity index (χ4v) is 4.08. The van der Waals surface area contributed by atoms with Gasteiger partial charge in [-0.3, -0.25) is 9.59 Å². The van der Waals surface area contributed by atoms with Gasteiger partial charge in [0.2, 0.25) is 11.8 Å². The van der Waals surface area contributed by atoms with Crippen molar-refractivity contribution >= 4 is 29.3 Å². The fourth-order valence-electron chi connectivity index (χ4n) is 2.97. The van der Waals surface area contributed by atoms with Gasteiger partial charge in [0.1, 0.15) is 5.75 Å². The van der Waals surface area contributed by atoms with Crippen LogP contribution in [-0.4, -0.2) is 24.2 Å². The van der Waals surface area contributed by atoms with Crippen LogP contribution < -0.4 is 15.4 Å². The van der Waals surface area contributed by atoms with E-state index in [9.17, 15) is 9.59 Å². The molecular formula is C20H22N2O3S. The average molecular weight is 370 g/mol. The third kappa shape index (κ3) is 4.02. The predicted molar refractivity (Wildman–Crippen MR) is 104 cm³/mol. The molecule has 2 aromatic carbocycles. The van der Waals surface area contributed by atoms with Gasteiger partial charge in [-0.25, -0.2) is 0 Å². The fraction of sp³-hybridized carbons (Fsp3) is 0.300. The van der Waals surface area contributed by atoms with Gasteiger partial charge in [0.05, 0.1) is 24.1 Å². The summed E-state index contributed by atoms with van der Waals surface area (Å²) in [6.45, 7) is 3.91. The molecule has 0 spiro atoms. The highest BCUT2D eigenvalue weighted by molar-refractivity contribution is 8.01. The van der Waals surface area contributed by atoms with E-state index in [1.54, 1.807) is 7.11 Å². The molecule has 26 heavy (non-hydrogen) atoms. The summed E-state index contributed by atoms with van der Waals surface area (Å²) in [6.07, 6.45) is 0.128. The summed E-state index contributed by atoms with van der Waals surface area (Å²) >= 11 is 1.43. The number of fused-ring (bicyclic) bond motifs is 1. The number of carbonyl (C=O) groups is 2. The van der Waals surface area contributed by atoms with Gasteiger partial charge >= 0.3 is 0 Å². The van der Waals surface area contributed by atoms with E-state index in [1.807, 2.05) is 56.3 Å². The second-order valence-electron chi connectivity index (χ2n) is 6.33. The first kappa shape index (κ1) is 18.3. The molecule has 0 saturated carbocycles. The van der Waals surface area contributed by atoms with Gasteiger partial charge in [-0.1, -0.05) is 29.8 Å². The van der Waals surface area contributed by atoms with Gasteiger partial charge in [0.25, 0.3) is 0 Å². The zero-order chi connectivity index (χ0) is 18.7. The Hall–Kier alpha value is -2.47. The number of aryl methyl sites for hydroxylation is 1. The molecule has 0 aromatic heterocycles. The molecule has 2 N–H and O–H groups in total. The Morgan fingerprint density at radius 1 is 1.31 bits per heavy atom. The summed E-state index contributed by atoms with van der Waals surface area (Å²) in [5.74, 6) is 0.444. The zero-order valence-corrected chi connectivity index (χ0v) is 15.9. The van der Waals surface area contributed by atoms with Crippen molar-refractivity contribution in [2.45, 2.75) is 36.5 Å². The van der Waals surface area contributed by atoms with Crippen LogP contribution in [0.4, 0.5) is 5.69 Å². The molecule has 0 bridgehead atoms. The smallest absolute Gasteiger partial charge is 0.238 e. The first-order chi connectivity index (χ1) is 12.5. The van der Waals surface area contributed by atoms with E-state index in [-0.39, 0.29) is 24.3 Å². The molecule has 1 heterocycles. The second-order valence-corrected chi connectivity index (χ2v) is 7.58. The number of hydrogen-bond acceptors (Lipinski definition) is 4. The molecule has 0 aliphatic carbocycles. The van der Waals surface area contributed by atoms with Crippen LogP contribution in [0.5, 0.6) is 5.75 Å². The molecule has 0 fully saturated rings. The topological polar surface area (TPSA) is 67.4 Å². The van der Waals surface area contributed by atoms with E-state index in [0.29, 0.717) is 0 Å². The molecular weight excluding hydrogens is 348 g/mol. The van der Waals surface area contributed by atoms with Gasteiger partial charge in [0.15, 0.2) is 0 Å². The van der Waals surface area contributed by atoms with Crippen LogP contribution in [0.15, 0.2) is 47.4 Å². The van der Waals surface area contributed by atoms with E-state index < -0.39 is 5.25 Å². The van der Waals surface area contributed by atoms with Crippen molar-refractivity contribution in [1.29, 1.82) is 0 Å². The van der Waals surface area contributed by atoms with Crippen LogP contribution in [0.3, 0.4) is 0 Å². The first-order valence-corrected chi connectivity index (χ1v) is 9.36. The molecule has 0 saturated heterocycles. The Labute approximate surface area is 157 Å². The molecule has 3 rings (SSSR count). The maximum Gasteiger partial charge on any atom is 0.238 e. The lowest BCUT2D eigenvalue weighted by Gasteiger charge is -2.24. The molecule has 1 aliphatic rings. The maximum absolute atomic E-state index is 12.5. The number of ether oxygens (including phenoxy) is 1. The van der Waals surface area contributed by atoms with E-state index >= 15 is 0 Å². The van der Waals surface area contributed by atoms with Crippen molar-refractivity contribution in [1.82, 2.24) is 5.32 Å². The minimum absolute atomic E-state index is 0.128. The molecule has 2 amide bonds. The standard InChI is InChI=1S/C20H22N2O3S/c1-12-8-9-16(25-3)14(10-12)13(2)21-19(23)11-18-20(24)22-15-6-4-5-7-17(15)26-18/h4-10,13,18H,11H2,1-3H3,(H,21,23)(H,22,24)/t13-,18+/m1/s1. The maximum atomic E-state index is 12.5. The number of carbonyl (C=O) groups excluding carboxylic acids is 2. The second kappa shape index (κ2) is 7.83. The van der Waals surface area contributed by atoms with Gasteiger partial charge < -0.3 is 15.4 Å². The quantitative estimate of drug-likeness (QED) is 0.842. The van der Waals surface area contributed by atoms with Gasteiger partial charge in [-0.2, -0.15) is 0 Å². The molecule has 2 aromatic rings. The van der Waals surface area contributed by atoms with Crippen LogP contribution in [0.1, 0.15) is 30.5 Å². The number of rotatable bonds is 5. The Morgan fingerprint density at radius 3 is 2.85 bits per heavy atom. The van der Waals surface area contributed by atoms with Crippen LogP contribution in [0.25, 0.3) is 0 Å². The van der Waals surface area contributed by atoms with Crippen molar-refractivity contribution < 1.29 is 14.3 Å². The molecule has 6 heteroatoms. The summed E-state index contributed by atoms with van der Waals surface area (Å²) in [4.78, 5) is 25.7. The Kier molecular flexibility index (Phi) is 5.52. The number of hydrogen-bond donors (Lipinski definition) is 2. The van der Waals surface area contributed by atoms with Crippen LogP contribution in [-0.2, 0) is 9.59 Å². The van der Waals surface area contributed by atoms with Gasteiger partial charge in [-0.15, -0.1) is 11.8 Å². The highest BCUT2D eigenvalue weighted by atomic mass is 32.2. The lowest BCUT2D eigenvalue weighted by atomic mass is 10.0. The first-order valence-electron chi connectivity index (χ1n) is 8.48. The Morgan fingerprint density at radius 2 is 2.08 bits per heavy atom. The molecule has 136 valence electrons. The van der Waals surface area contributed by atoms with Crippen molar-refractivity contribution in [3.05, 3.63) is 53.6 Å². The summed E-state index contributed by atoms with van der Waals surface area (Å²) < 4.78 is 5.39. The van der Waals surface area contributed by atoms with Gasteiger partial charge in [-0.05, 0) is 32.0 Å². The number of para-hydroxylation sites is 1. The minimum Gasteiger partial charge on any atom is -0.496 e. The predicted octanol–water partition coefficient (Wildman–Crippen LogP) is 3.68. The van der Waals surface area contributed by atoms with Crippen molar-refractivity contribution in [2.24, 2.45) is 0 Å². The summed E-state index contributed by atoms with van der Waals surface area (Å²) in [7, 11) is 1.61. The normalized spacial score (nSPS) is 17.0. The van der Waals surface area contributed by atoms with Crippen LogP contribution >= 0.6 is 11.8 Å². The third-order valence-electron chi connectivity index (χ3n) is 4.31. The highest BCUT2D eigenvalue weighted by Crippen LogP contribution is 2.36. The lowest BCUT2D eigenvalue weighted by Crippen LogP contribution is -2.35. The lowest BCUT2D eigenvalue weighted by molar-refractivity contribution is -0.124. The number of nitrogens with one attached hydrogen (secondary N) is 2. The third-order valence-corrected chi connectivity index (χ3v) is 5.58. The van der Waals surface area contributed by atoms with E-state index in [2.05, 4.69) is 10.6 Å². The molecule has 0 unspecified atom stereocenters. The van der Waals surface area contributed by atoms with Crippen LogP contribution in [0.2, 0.25) is 0 Å². The van der Waals surface area contributed by atoms with Crippen LogP contribution in [0, 0.1) is 6.92 Å². The Bertz CT molecular complexity index is 838. The summed E-state index contributed by atoms with van der Waals surface area (Å²) in [5, 5.41) is 5.41. The largest absolute Gasteiger partial charge is 0.496 e. The zero-order valence-electron chi connectivity index (χ0n) is 15.0. The van der Waals surface area contributed by atoms with E-state index in [4.69, 9.17) is 4.74 Å². The van der Waals surface area contributed by atoms with Gasteiger partial charge in [0, 0.05) is 16.9 Å². The highest BCUT2D eigenvalue weighted by Gasteiger charge is 2.29. The number of thioether (sulfide) groups is 1. The van der Waals surface area contributed by atoms with Crippen molar-refractivity contribution in [2.75, 3.05) is 12.4 Å². The molecule has 1 aliphatic heterocycles. The number of benzene rings is 2.